The molecule has 1 saturated heterocycles. The average Bonchev–Trinajstić information content (AvgIpc) is 3.37. The maximum Gasteiger partial charge on any atom is 0.248 e. The molecule has 2 fully saturated rings. The van der Waals surface area contributed by atoms with E-state index in [4.69, 9.17) is 5.73 Å². The first kappa shape index (κ1) is 21.9. The summed E-state index contributed by atoms with van der Waals surface area (Å²) < 4.78 is 16.8. The minimum absolute atomic E-state index is 0.0423. The lowest BCUT2D eigenvalue weighted by Crippen LogP contribution is -2.46. The molecule has 3 N–H and O–H groups in total. The van der Waals surface area contributed by atoms with Crippen molar-refractivity contribution in [3.8, 4) is 0 Å². The molecule has 0 radical (unpaired) electrons. The molecule has 4 heterocycles. The molecule has 1 saturated carbocycles. The molecule has 1 aliphatic carbocycles. The highest BCUT2D eigenvalue weighted by Gasteiger charge is 2.56. The predicted octanol–water partition coefficient (Wildman–Crippen LogP) is 3.40. The van der Waals surface area contributed by atoms with Gasteiger partial charge in [0.05, 0.1) is 10.9 Å². The molecule has 0 spiro atoms. The molecule has 178 valence electrons. The van der Waals surface area contributed by atoms with E-state index in [-0.39, 0.29) is 36.0 Å². The molecule has 1 aliphatic heterocycles. The Bertz CT molecular complexity index is 1540. The molecular formula is C24H21BrFN7O2. The average molecular weight is 538 g/mol. The summed E-state index contributed by atoms with van der Waals surface area (Å²) in [4.78, 5) is 41.1. The zero-order valence-electron chi connectivity index (χ0n) is 18.7. The van der Waals surface area contributed by atoms with Crippen LogP contribution in [0.4, 0.5) is 16.0 Å². The number of nitrogens with two attached hydrogens (primary N) is 1. The molecule has 0 unspecified atom stereocenters. The van der Waals surface area contributed by atoms with Gasteiger partial charge in [0.1, 0.15) is 46.6 Å². The van der Waals surface area contributed by atoms with Crippen LogP contribution in [-0.4, -0.2) is 48.3 Å². The number of benzene rings is 1. The number of amides is 2. The lowest BCUT2D eigenvalue weighted by Gasteiger charge is -2.27. The number of nitrogens with one attached hydrogen (secondary N) is 1. The molecule has 0 bridgehead atoms. The zero-order chi connectivity index (χ0) is 24.4. The number of anilines is 2. The van der Waals surface area contributed by atoms with Crippen molar-refractivity contribution in [3.05, 3.63) is 52.6 Å². The number of rotatable bonds is 4. The van der Waals surface area contributed by atoms with E-state index in [0.29, 0.717) is 50.3 Å². The van der Waals surface area contributed by atoms with Gasteiger partial charge < -0.3 is 20.5 Å². The fraction of sp³-hybridized carbons (Fsp3) is 0.292. The van der Waals surface area contributed by atoms with Crippen molar-refractivity contribution in [3.63, 3.8) is 0 Å². The number of fused-ring (bicyclic) bond motifs is 4. The SMILES string of the molecule is Cc1cc2c(cc1F)c1c(N)ncnc1n2CC(=O)N1[C@@H]2C[C@@H]2C[C@H]1C(=O)Nc1cccc(Br)n1. The number of carbonyl (C=O) groups is 2. The predicted molar refractivity (Wildman–Crippen MR) is 132 cm³/mol. The molecule has 35 heavy (non-hydrogen) atoms. The fourth-order valence-electron chi connectivity index (χ4n) is 5.17. The van der Waals surface area contributed by atoms with Gasteiger partial charge in [-0.2, -0.15) is 0 Å². The van der Waals surface area contributed by atoms with Gasteiger partial charge in [-0.15, -0.1) is 0 Å². The molecule has 2 aliphatic rings. The zero-order valence-corrected chi connectivity index (χ0v) is 20.3. The second kappa shape index (κ2) is 7.98. The van der Waals surface area contributed by atoms with E-state index in [1.807, 2.05) is 0 Å². The van der Waals surface area contributed by atoms with Gasteiger partial charge in [0.25, 0.3) is 0 Å². The van der Waals surface area contributed by atoms with Crippen LogP contribution in [0.1, 0.15) is 18.4 Å². The van der Waals surface area contributed by atoms with Crippen LogP contribution in [0, 0.1) is 18.7 Å². The topological polar surface area (TPSA) is 119 Å². The van der Waals surface area contributed by atoms with Crippen molar-refractivity contribution in [2.24, 2.45) is 5.92 Å². The highest BCUT2D eigenvalue weighted by Crippen LogP contribution is 2.48. The number of nitrogen functional groups attached to an aromatic ring is 1. The third kappa shape index (κ3) is 3.61. The maximum absolute atomic E-state index is 14.4. The first-order valence-corrected chi connectivity index (χ1v) is 12.0. The lowest BCUT2D eigenvalue weighted by molar-refractivity contribution is -0.138. The van der Waals surface area contributed by atoms with E-state index in [0.717, 1.165) is 6.42 Å². The standard InChI is InChI=1S/C24H21BrFN7O2/c1-11-5-16-13(8-14(11)26)21-22(27)28-10-29-23(21)32(16)9-20(34)33-15-6-12(15)7-17(33)24(35)31-19-4-2-3-18(25)30-19/h2-5,8,10,12,15,17H,6-7,9H2,1H3,(H2,27,28,29)(H,30,31,35)/t12-,15-,17+/m1/s1. The Labute approximate surface area is 207 Å². The van der Waals surface area contributed by atoms with E-state index >= 15 is 0 Å². The van der Waals surface area contributed by atoms with Crippen molar-refractivity contribution in [1.29, 1.82) is 0 Å². The Kier molecular flexibility index (Phi) is 4.99. The molecule has 4 aromatic rings. The molecule has 9 nitrogen and oxygen atoms in total. The number of hydrogen-bond acceptors (Lipinski definition) is 6. The van der Waals surface area contributed by atoms with Gasteiger partial charge in [0.2, 0.25) is 11.8 Å². The van der Waals surface area contributed by atoms with Crippen molar-refractivity contribution < 1.29 is 14.0 Å². The quantitative estimate of drug-likeness (QED) is 0.385. The Morgan fingerprint density at radius 1 is 1.26 bits per heavy atom. The maximum atomic E-state index is 14.4. The van der Waals surface area contributed by atoms with E-state index in [9.17, 15) is 14.0 Å². The third-order valence-corrected chi connectivity index (χ3v) is 7.35. The highest BCUT2D eigenvalue weighted by atomic mass is 79.9. The van der Waals surface area contributed by atoms with Crippen molar-refractivity contribution in [1.82, 2.24) is 24.4 Å². The van der Waals surface area contributed by atoms with Gasteiger partial charge in [0.15, 0.2) is 0 Å². The minimum atomic E-state index is -0.584. The van der Waals surface area contributed by atoms with Crippen LogP contribution in [0.25, 0.3) is 21.9 Å². The van der Waals surface area contributed by atoms with Crippen LogP contribution in [0.2, 0.25) is 0 Å². The Morgan fingerprint density at radius 3 is 2.89 bits per heavy atom. The number of aromatic nitrogens is 4. The van der Waals surface area contributed by atoms with Crippen LogP contribution in [-0.2, 0) is 16.1 Å². The summed E-state index contributed by atoms with van der Waals surface area (Å²) in [7, 11) is 0. The van der Waals surface area contributed by atoms with Crippen LogP contribution >= 0.6 is 15.9 Å². The number of hydrogen-bond donors (Lipinski definition) is 2. The summed E-state index contributed by atoms with van der Waals surface area (Å²) in [6.07, 6.45) is 2.83. The fourth-order valence-corrected chi connectivity index (χ4v) is 5.51. The van der Waals surface area contributed by atoms with Crippen molar-refractivity contribution in [2.75, 3.05) is 11.1 Å². The second-order valence-corrected chi connectivity index (χ2v) is 9.93. The Morgan fingerprint density at radius 2 is 2.09 bits per heavy atom. The lowest BCUT2D eigenvalue weighted by atomic mass is 10.1. The van der Waals surface area contributed by atoms with Gasteiger partial charge in [-0.05, 0) is 71.4 Å². The summed E-state index contributed by atoms with van der Waals surface area (Å²) in [6.45, 7) is 1.61. The van der Waals surface area contributed by atoms with Gasteiger partial charge >= 0.3 is 0 Å². The number of nitrogens with zero attached hydrogens (tertiary/aromatic N) is 5. The van der Waals surface area contributed by atoms with E-state index < -0.39 is 6.04 Å². The number of halogens is 2. The van der Waals surface area contributed by atoms with E-state index in [1.54, 1.807) is 40.7 Å². The first-order chi connectivity index (χ1) is 16.8. The van der Waals surface area contributed by atoms with E-state index in [2.05, 4.69) is 36.2 Å². The third-order valence-electron chi connectivity index (χ3n) is 6.90. The van der Waals surface area contributed by atoms with Crippen LogP contribution < -0.4 is 11.1 Å². The van der Waals surface area contributed by atoms with Crippen LogP contribution in [0.15, 0.2) is 41.3 Å². The first-order valence-electron chi connectivity index (χ1n) is 11.2. The number of piperidine rings is 1. The van der Waals surface area contributed by atoms with Gasteiger partial charge in [-0.3, -0.25) is 9.59 Å². The summed E-state index contributed by atoms with van der Waals surface area (Å²) in [5.74, 6) is 0.126. The van der Waals surface area contributed by atoms with Crippen LogP contribution in [0.3, 0.4) is 0 Å². The largest absolute Gasteiger partial charge is 0.383 e. The Balaban J connectivity index is 1.34. The summed E-state index contributed by atoms with van der Waals surface area (Å²) >= 11 is 3.30. The van der Waals surface area contributed by atoms with Gasteiger partial charge in [-0.25, -0.2) is 19.3 Å². The molecule has 1 aromatic carbocycles. The monoisotopic (exact) mass is 537 g/mol. The summed E-state index contributed by atoms with van der Waals surface area (Å²) in [5, 5.41) is 3.89. The molecule has 2 amide bonds. The molecule has 3 atom stereocenters. The summed E-state index contributed by atoms with van der Waals surface area (Å²) in [5.41, 5.74) is 7.65. The summed E-state index contributed by atoms with van der Waals surface area (Å²) in [6, 6.07) is 7.80. The number of aryl methyl sites for hydroxylation is 1. The minimum Gasteiger partial charge on any atom is -0.383 e. The molecule has 6 rings (SSSR count). The number of carbonyl (C=O) groups excluding carboxylic acids is 2. The van der Waals surface area contributed by atoms with Crippen LogP contribution in [0.5, 0.6) is 0 Å². The molecule has 11 heteroatoms. The van der Waals surface area contributed by atoms with Crippen molar-refractivity contribution in [2.45, 2.75) is 38.4 Å². The van der Waals surface area contributed by atoms with E-state index in [1.165, 1.54) is 12.4 Å². The van der Waals surface area contributed by atoms with Gasteiger partial charge in [-0.1, -0.05) is 6.07 Å². The molecular weight excluding hydrogens is 517 g/mol. The highest BCUT2D eigenvalue weighted by molar-refractivity contribution is 9.10. The van der Waals surface area contributed by atoms with Gasteiger partial charge in [0, 0.05) is 11.4 Å². The second-order valence-electron chi connectivity index (χ2n) is 9.11. The number of likely N-dealkylation sites (tertiary alicyclic amines) is 1. The normalized spacial score (nSPS) is 20.9. The number of pyridine rings is 1. The smallest absolute Gasteiger partial charge is 0.248 e. The molecule has 3 aromatic heterocycles. The van der Waals surface area contributed by atoms with Crippen molar-refractivity contribution >= 4 is 61.3 Å². The Hall–Kier alpha value is -3.60.